The van der Waals surface area contributed by atoms with Gasteiger partial charge in [-0.25, -0.2) is 4.98 Å². The summed E-state index contributed by atoms with van der Waals surface area (Å²) in [5.41, 5.74) is 1.48. The third kappa shape index (κ3) is 5.36. The summed E-state index contributed by atoms with van der Waals surface area (Å²) in [6.45, 7) is 10.7. The minimum absolute atomic E-state index is 0.316. The average molecular weight is 275 g/mol. The number of thiazole rings is 1. The van der Waals surface area contributed by atoms with Gasteiger partial charge in [-0.2, -0.15) is 0 Å². The molecule has 98 valence electrons. The van der Waals surface area contributed by atoms with Gasteiger partial charge in [0, 0.05) is 23.8 Å². The topological polar surface area (TPSA) is 24.9 Å². The number of halogens is 1. The molecule has 1 aromatic rings. The first-order valence-electron chi connectivity index (χ1n) is 6.14. The minimum Gasteiger partial charge on any atom is -0.310 e. The van der Waals surface area contributed by atoms with E-state index in [4.69, 9.17) is 11.6 Å². The molecule has 0 aromatic carbocycles. The Morgan fingerprint density at radius 2 is 2.06 bits per heavy atom. The lowest BCUT2D eigenvalue weighted by atomic mass is 9.88. The van der Waals surface area contributed by atoms with Crippen molar-refractivity contribution >= 4 is 22.9 Å². The molecule has 4 heteroatoms. The molecule has 0 atom stereocenters. The zero-order valence-corrected chi connectivity index (χ0v) is 12.8. The Labute approximate surface area is 114 Å². The molecule has 1 rings (SSSR count). The highest BCUT2D eigenvalue weighted by Gasteiger charge is 2.16. The Balaban J connectivity index is 2.31. The summed E-state index contributed by atoms with van der Waals surface area (Å²) in [5, 5.41) is 4.68. The summed E-state index contributed by atoms with van der Waals surface area (Å²) in [4.78, 5) is 5.85. The van der Waals surface area contributed by atoms with Crippen molar-refractivity contribution in [3.8, 4) is 0 Å². The van der Waals surface area contributed by atoms with Crippen LogP contribution in [0.2, 0.25) is 0 Å². The molecule has 17 heavy (non-hydrogen) atoms. The second kappa shape index (κ2) is 6.72. The van der Waals surface area contributed by atoms with Gasteiger partial charge in [0.25, 0.3) is 0 Å². The molecule has 0 amide bonds. The Morgan fingerprint density at radius 3 is 2.59 bits per heavy atom. The van der Waals surface area contributed by atoms with E-state index >= 15 is 0 Å². The van der Waals surface area contributed by atoms with E-state index in [1.807, 2.05) is 0 Å². The Hall–Kier alpha value is -0.120. The van der Waals surface area contributed by atoms with Crippen molar-refractivity contribution < 1.29 is 0 Å². The fourth-order valence-corrected chi connectivity index (χ4v) is 2.79. The molecule has 0 spiro atoms. The van der Waals surface area contributed by atoms with Crippen LogP contribution in [0.3, 0.4) is 0 Å². The highest BCUT2D eigenvalue weighted by atomic mass is 35.5. The van der Waals surface area contributed by atoms with Gasteiger partial charge in [0.05, 0.1) is 5.69 Å². The van der Waals surface area contributed by atoms with Gasteiger partial charge in [-0.1, -0.05) is 13.8 Å². The van der Waals surface area contributed by atoms with Crippen molar-refractivity contribution in [1.29, 1.82) is 0 Å². The summed E-state index contributed by atoms with van der Waals surface area (Å²) in [6, 6.07) is 0. The van der Waals surface area contributed by atoms with Crippen LogP contribution in [0.4, 0.5) is 0 Å². The largest absolute Gasteiger partial charge is 0.310 e. The maximum Gasteiger partial charge on any atom is 0.107 e. The molecular weight excluding hydrogens is 252 g/mol. The zero-order chi connectivity index (χ0) is 12.9. The van der Waals surface area contributed by atoms with E-state index in [-0.39, 0.29) is 0 Å². The summed E-state index contributed by atoms with van der Waals surface area (Å²) >= 11 is 7.52. The smallest absolute Gasteiger partial charge is 0.107 e. The number of aryl methyl sites for hydroxylation is 2. The van der Waals surface area contributed by atoms with Crippen LogP contribution < -0.4 is 5.32 Å². The molecule has 0 radical (unpaired) electrons. The Kier molecular flexibility index (Phi) is 5.90. The average Bonchev–Trinajstić information content (AvgIpc) is 2.55. The Bertz CT molecular complexity index is 328. The number of hydrogen-bond donors (Lipinski definition) is 1. The van der Waals surface area contributed by atoms with E-state index in [1.165, 1.54) is 16.3 Å². The first-order chi connectivity index (χ1) is 7.94. The third-order valence-corrected chi connectivity index (χ3v) is 4.28. The monoisotopic (exact) mass is 274 g/mol. The van der Waals surface area contributed by atoms with Crippen LogP contribution in [0.15, 0.2) is 0 Å². The predicted molar refractivity (Wildman–Crippen MR) is 77.0 cm³/mol. The first kappa shape index (κ1) is 14.9. The van der Waals surface area contributed by atoms with E-state index in [1.54, 1.807) is 11.3 Å². The summed E-state index contributed by atoms with van der Waals surface area (Å²) in [7, 11) is 0. The van der Waals surface area contributed by atoms with Crippen molar-refractivity contribution in [3.63, 3.8) is 0 Å². The number of nitrogens with one attached hydrogen (secondary N) is 1. The molecule has 0 aliphatic carbocycles. The van der Waals surface area contributed by atoms with E-state index in [2.05, 4.69) is 38.0 Å². The van der Waals surface area contributed by atoms with E-state index < -0.39 is 0 Å². The molecule has 0 saturated carbocycles. The van der Waals surface area contributed by atoms with Crippen LogP contribution >= 0.6 is 22.9 Å². The number of aromatic nitrogens is 1. The van der Waals surface area contributed by atoms with Crippen molar-refractivity contribution in [3.05, 3.63) is 15.6 Å². The molecule has 0 bridgehead atoms. The highest BCUT2D eigenvalue weighted by molar-refractivity contribution is 7.11. The molecule has 0 aliphatic rings. The summed E-state index contributed by atoms with van der Waals surface area (Å²) in [6.07, 6.45) is 2.26. The van der Waals surface area contributed by atoms with Crippen LogP contribution in [0.5, 0.6) is 0 Å². The molecule has 0 unspecified atom stereocenters. The Morgan fingerprint density at radius 1 is 1.35 bits per heavy atom. The fraction of sp³-hybridized carbons (Fsp3) is 0.769. The predicted octanol–water partition coefficient (Wildman–Crippen LogP) is 3.89. The molecule has 0 aliphatic heterocycles. The lowest BCUT2D eigenvalue weighted by molar-refractivity contribution is 0.311. The van der Waals surface area contributed by atoms with Crippen molar-refractivity contribution in [2.45, 2.75) is 47.1 Å². The van der Waals surface area contributed by atoms with Gasteiger partial charge in [0.2, 0.25) is 0 Å². The molecular formula is C13H23ClN2S. The van der Waals surface area contributed by atoms with Crippen molar-refractivity contribution in [2.24, 2.45) is 5.41 Å². The lowest BCUT2D eigenvalue weighted by Crippen LogP contribution is -2.29. The van der Waals surface area contributed by atoms with Crippen LogP contribution in [-0.2, 0) is 6.54 Å². The van der Waals surface area contributed by atoms with Gasteiger partial charge in [0.1, 0.15) is 5.01 Å². The van der Waals surface area contributed by atoms with Gasteiger partial charge in [-0.3, -0.25) is 0 Å². The number of alkyl halides is 1. The van der Waals surface area contributed by atoms with Crippen molar-refractivity contribution in [2.75, 3.05) is 12.4 Å². The third-order valence-electron chi connectivity index (χ3n) is 2.94. The van der Waals surface area contributed by atoms with Gasteiger partial charge in [-0.15, -0.1) is 22.9 Å². The molecule has 0 saturated heterocycles. The quantitative estimate of drug-likeness (QED) is 0.763. The van der Waals surface area contributed by atoms with Crippen LogP contribution in [0, 0.1) is 19.3 Å². The molecule has 2 nitrogen and oxygen atoms in total. The molecule has 0 fully saturated rings. The normalized spacial score (nSPS) is 12.1. The van der Waals surface area contributed by atoms with E-state index in [0.717, 1.165) is 31.1 Å². The van der Waals surface area contributed by atoms with Gasteiger partial charge in [-0.05, 0) is 32.1 Å². The van der Waals surface area contributed by atoms with Gasteiger partial charge >= 0.3 is 0 Å². The van der Waals surface area contributed by atoms with Crippen molar-refractivity contribution in [1.82, 2.24) is 10.3 Å². The zero-order valence-electron chi connectivity index (χ0n) is 11.3. The number of nitrogens with zero attached hydrogens (tertiary/aromatic N) is 1. The molecule has 1 aromatic heterocycles. The van der Waals surface area contributed by atoms with Gasteiger partial charge in [0.15, 0.2) is 0 Å². The first-order valence-corrected chi connectivity index (χ1v) is 7.49. The fourth-order valence-electron chi connectivity index (χ4n) is 1.76. The van der Waals surface area contributed by atoms with E-state index in [9.17, 15) is 0 Å². The van der Waals surface area contributed by atoms with E-state index in [0.29, 0.717) is 5.41 Å². The number of hydrogen-bond acceptors (Lipinski definition) is 3. The molecule has 1 heterocycles. The van der Waals surface area contributed by atoms with Crippen LogP contribution in [-0.4, -0.2) is 17.4 Å². The second-order valence-electron chi connectivity index (χ2n) is 5.31. The second-order valence-corrected chi connectivity index (χ2v) is 6.98. The van der Waals surface area contributed by atoms with Gasteiger partial charge < -0.3 is 5.32 Å². The maximum absolute atomic E-state index is 5.73. The van der Waals surface area contributed by atoms with Crippen LogP contribution in [0.25, 0.3) is 0 Å². The van der Waals surface area contributed by atoms with Crippen LogP contribution in [0.1, 0.15) is 42.3 Å². The molecule has 1 N–H and O–H groups in total. The lowest BCUT2D eigenvalue weighted by Gasteiger charge is -2.24. The highest BCUT2D eigenvalue weighted by Crippen LogP contribution is 2.22. The standard InChI is InChI=1S/C13H23ClN2S/c1-10-11(2)17-12(16-10)8-15-9-13(3,4)6-5-7-14/h15H,5-9H2,1-4H3. The maximum atomic E-state index is 5.73. The summed E-state index contributed by atoms with van der Waals surface area (Å²) < 4.78 is 0. The SMILES string of the molecule is Cc1nc(CNCC(C)(C)CCCCl)sc1C. The summed E-state index contributed by atoms with van der Waals surface area (Å²) in [5.74, 6) is 0.758. The number of rotatable bonds is 7. The minimum atomic E-state index is 0.316.